The summed E-state index contributed by atoms with van der Waals surface area (Å²) in [6.07, 6.45) is 3.29. The van der Waals surface area contributed by atoms with Crippen LogP contribution in [0.2, 0.25) is 0 Å². The fourth-order valence-electron chi connectivity index (χ4n) is 2.72. The number of aryl methyl sites for hydroxylation is 1. The Hall–Kier alpha value is -1.83. The summed E-state index contributed by atoms with van der Waals surface area (Å²) in [5.41, 5.74) is 0.645. The van der Waals surface area contributed by atoms with E-state index in [-0.39, 0.29) is 29.4 Å². The van der Waals surface area contributed by atoms with Gasteiger partial charge in [0.1, 0.15) is 13.1 Å². The van der Waals surface area contributed by atoms with Gasteiger partial charge in [-0.05, 0) is 5.46 Å². The second-order valence-electron chi connectivity index (χ2n) is 4.89. The van der Waals surface area contributed by atoms with Gasteiger partial charge in [-0.15, -0.1) is 0 Å². The van der Waals surface area contributed by atoms with E-state index in [1.807, 2.05) is 0 Å². The first-order valence-corrected chi connectivity index (χ1v) is 5.36. The van der Waals surface area contributed by atoms with Crippen LogP contribution in [-0.2, 0) is 25.9 Å². The average molecular weight is 237 g/mol. The number of carbonyl (C=O) groups excluding carboxylic acids is 2. The maximum atomic E-state index is 11.5. The van der Waals surface area contributed by atoms with Crippen LogP contribution in [0.15, 0.2) is 12.4 Å². The molecule has 3 heterocycles. The van der Waals surface area contributed by atoms with Crippen molar-refractivity contribution in [2.45, 2.75) is 0 Å². The van der Waals surface area contributed by atoms with E-state index in [0.717, 1.165) is 0 Å². The molecular formula is C9H12BN3O4. The number of hydrogen-bond acceptors (Lipinski definition) is 5. The largest absolute Gasteiger partial charge is 0.617 e. The van der Waals surface area contributed by atoms with Crippen LogP contribution in [0.3, 0.4) is 0 Å². The highest BCUT2D eigenvalue weighted by Crippen LogP contribution is 2.32. The molecule has 90 valence electrons. The zero-order valence-electron chi connectivity index (χ0n) is 9.62. The first kappa shape index (κ1) is 10.3. The summed E-state index contributed by atoms with van der Waals surface area (Å²) in [5, 5.41) is 4.04. The summed E-state index contributed by atoms with van der Waals surface area (Å²) in [6, 6.07) is 0. The quantitative estimate of drug-likeness (QED) is 0.535. The molecule has 1 aromatic rings. The predicted octanol–water partition coefficient (Wildman–Crippen LogP) is -1.87. The van der Waals surface area contributed by atoms with Gasteiger partial charge in [-0.25, -0.2) is 0 Å². The Morgan fingerprint density at radius 2 is 1.94 bits per heavy atom. The zero-order valence-corrected chi connectivity index (χ0v) is 9.62. The van der Waals surface area contributed by atoms with Gasteiger partial charge in [0.15, 0.2) is 0 Å². The molecule has 2 aliphatic heterocycles. The van der Waals surface area contributed by atoms with Crippen LogP contribution in [0, 0.1) is 0 Å². The number of quaternary nitrogens is 1. The van der Waals surface area contributed by atoms with Crippen LogP contribution < -0.4 is 5.46 Å². The lowest BCUT2D eigenvalue weighted by molar-refractivity contribution is -0.791. The molecule has 0 aliphatic carbocycles. The van der Waals surface area contributed by atoms with Crippen LogP contribution in [0.4, 0.5) is 0 Å². The Bertz CT molecular complexity index is 506. The average Bonchev–Trinajstić information content (AvgIpc) is 2.75. The van der Waals surface area contributed by atoms with E-state index >= 15 is 0 Å². The maximum absolute atomic E-state index is 11.5. The molecule has 0 unspecified atom stereocenters. The highest BCUT2D eigenvalue weighted by Gasteiger charge is 2.66. The normalized spacial score (nSPS) is 35.6. The van der Waals surface area contributed by atoms with Gasteiger partial charge >= 0.3 is 18.6 Å². The number of nitrogens with zero attached hydrogens (tertiary/aromatic N) is 3. The third-order valence-corrected chi connectivity index (χ3v) is 3.53. The number of hydrogen-bond donors (Lipinski definition) is 0. The third kappa shape index (κ3) is 1.18. The lowest BCUT2D eigenvalue weighted by atomic mass is 9.62. The fourth-order valence-corrected chi connectivity index (χ4v) is 2.72. The Labute approximate surface area is 97.5 Å². The molecule has 1 aromatic heterocycles. The van der Waals surface area contributed by atoms with Crippen molar-refractivity contribution in [2.24, 2.45) is 7.05 Å². The Balaban J connectivity index is 2.15. The molecule has 0 aromatic carbocycles. The first-order chi connectivity index (χ1) is 7.95. The number of fused-ring (bicyclic) bond motifs is 1. The number of carbonyl (C=O) groups is 2. The second-order valence-corrected chi connectivity index (χ2v) is 4.89. The van der Waals surface area contributed by atoms with Crippen LogP contribution >= 0.6 is 0 Å². The van der Waals surface area contributed by atoms with Crippen molar-refractivity contribution in [3.8, 4) is 0 Å². The number of rotatable bonds is 1. The first-order valence-electron chi connectivity index (χ1n) is 5.36. The van der Waals surface area contributed by atoms with Crippen LogP contribution in [0.25, 0.3) is 0 Å². The van der Waals surface area contributed by atoms with Gasteiger partial charge in [-0.3, -0.25) is 14.3 Å². The summed E-state index contributed by atoms with van der Waals surface area (Å²) in [4.78, 5) is 23.0. The van der Waals surface area contributed by atoms with E-state index in [1.54, 1.807) is 31.2 Å². The van der Waals surface area contributed by atoms with E-state index < -0.39 is 6.69 Å². The molecule has 0 bridgehead atoms. The molecule has 0 radical (unpaired) electrons. The molecule has 0 amide bonds. The van der Waals surface area contributed by atoms with Gasteiger partial charge in [-0.2, -0.15) is 5.10 Å². The van der Waals surface area contributed by atoms with E-state index in [0.29, 0.717) is 5.46 Å². The van der Waals surface area contributed by atoms with Crippen LogP contribution in [-0.4, -0.2) is 52.9 Å². The van der Waals surface area contributed by atoms with Crippen molar-refractivity contribution in [1.29, 1.82) is 0 Å². The molecule has 2 saturated heterocycles. The lowest BCUT2D eigenvalue weighted by Crippen LogP contribution is -2.67. The molecule has 0 atom stereocenters. The summed E-state index contributed by atoms with van der Waals surface area (Å²) < 4.78 is 12.4. The summed E-state index contributed by atoms with van der Waals surface area (Å²) >= 11 is 0. The zero-order chi connectivity index (χ0) is 12.3. The maximum Gasteiger partial charge on any atom is 0.617 e. The standard InChI is InChI=1S/C9H12BN3O4/c1-12-4-7(3-11-12)10-13(2,5-8(14)16-10)6-9(15)17-10/h3-4H,5-6H2,1-2H3. The highest BCUT2D eigenvalue weighted by molar-refractivity contribution is 6.79. The van der Waals surface area contributed by atoms with Gasteiger partial charge in [0.2, 0.25) is 0 Å². The SMILES string of the molecule is Cn1cc([B-]23OC(=O)C[N+]2(C)CC(=O)O3)cn1. The minimum Gasteiger partial charge on any atom is -0.596 e. The predicted molar refractivity (Wildman–Crippen MR) is 56.7 cm³/mol. The van der Waals surface area contributed by atoms with Crippen molar-refractivity contribution in [3.63, 3.8) is 0 Å². The summed E-state index contributed by atoms with van der Waals surface area (Å²) in [7, 11) is 3.55. The topological polar surface area (TPSA) is 70.4 Å². The van der Waals surface area contributed by atoms with Gasteiger partial charge in [0, 0.05) is 26.5 Å². The molecule has 7 nitrogen and oxygen atoms in total. The molecule has 3 rings (SSSR count). The van der Waals surface area contributed by atoms with E-state index in [1.165, 1.54) is 0 Å². The Morgan fingerprint density at radius 1 is 1.35 bits per heavy atom. The Morgan fingerprint density at radius 3 is 2.41 bits per heavy atom. The monoisotopic (exact) mass is 237 g/mol. The molecule has 8 heteroatoms. The second kappa shape index (κ2) is 2.89. The van der Waals surface area contributed by atoms with Crippen LogP contribution in [0.5, 0.6) is 0 Å². The van der Waals surface area contributed by atoms with Crippen molar-refractivity contribution >= 4 is 24.1 Å². The molecule has 0 N–H and O–H groups in total. The third-order valence-electron chi connectivity index (χ3n) is 3.53. The van der Waals surface area contributed by atoms with Crippen molar-refractivity contribution in [2.75, 3.05) is 20.1 Å². The van der Waals surface area contributed by atoms with Gasteiger partial charge < -0.3 is 13.7 Å². The molecule has 2 fully saturated rings. The molecule has 17 heavy (non-hydrogen) atoms. The van der Waals surface area contributed by atoms with Crippen molar-refractivity contribution in [1.82, 2.24) is 9.78 Å². The van der Waals surface area contributed by atoms with Gasteiger partial charge in [0.05, 0.1) is 0 Å². The fraction of sp³-hybridized carbons (Fsp3) is 0.444. The van der Waals surface area contributed by atoms with Gasteiger partial charge in [0.25, 0.3) is 0 Å². The van der Waals surface area contributed by atoms with E-state index in [4.69, 9.17) is 9.31 Å². The minimum absolute atomic E-state index is 0.153. The molecular weight excluding hydrogens is 225 g/mol. The Kier molecular flexibility index (Phi) is 1.76. The molecule has 0 spiro atoms. The number of aromatic nitrogens is 2. The summed E-state index contributed by atoms with van der Waals surface area (Å²) in [6.45, 7) is -1.80. The van der Waals surface area contributed by atoms with Crippen molar-refractivity contribution < 1.29 is 23.3 Å². The van der Waals surface area contributed by atoms with Gasteiger partial charge in [-0.1, -0.05) is 0 Å². The summed E-state index contributed by atoms with van der Waals surface area (Å²) in [5.74, 6) is -0.687. The van der Waals surface area contributed by atoms with E-state index in [2.05, 4.69) is 5.10 Å². The number of likely N-dealkylation sites (N-methyl/N-ethyl adjacent to an activating group) is 1. The lowest BCUT2D eigenvalue weighted by Gasteiger charge is -2.38. The molecule has 2 aliphatic rings. The van der Waals surface area contributed by atoms with Crippen molar-refractivity contribution in [3.05, 3.63) is 12.4 Å². The molecule has 0 saturated carbocycles. The van der Waals surface area contributed by atoms with Crippen LogP contribution in [0.1, 0.15) is 0 Å². The van der Waals surface area contributed by atoms with E-state index in [9.17, 15) is 9.59 Å². The highest BCUT2D eigenvalue weighted by atomic mass is 16.7. The smallest absolute Gasteiger partial charge is 0.596 e. The minimum atomic E-state index is -2.11.